The van der Waals surface area contributed by atoms with Crippen molar-refractivity contribution in [2.45, 2.75) is 26.7 Å². The molecule has 1 N–H and O–H groups in total. The van der Waals surface area contributed by atoms with Crippen molar-refractivity contribution in [2.75, 3.05) is 0 Å². The molecule has 0 aromatic heterocycles. The lowest BCUT2D eigenvalue weighted by Gasteiger charge is -2.12. The molecule has 0 bridgehead atoms. The molecule has 1 nitrogen and oxygen atoms in total. The number of benzene rings is 2. The van der Waals surface area contributed by atoms with Gasteiger partial charge >= 0.3 is 0 Å². The van der Waals surface area contributed by atoms with Crippen LogP contribution in [0, 0.1) is 6.92 Å². The summed E-state index contributed by atoms with van der Waals surface area (Å²) < 4.78 is 0. The minimum atomic E-state index is 0.314. The second-order valence-corrected chi connectivity index (χ2v) is 4.78. The molecule has 17 heavy (non-hydrogen) atoms. The minimum Gasteiger partial charge on any atom is -0.508 e. The molecule has 0 heterocycles. The van der Waals surface area contributed by atoms with Crippen LogP contribution in [0.5, 0.6) is 5.75 Å². The van der Waals surface area contributed by atoms with Gasteiger partial charge < -0.3 is 5.11 Å². The van der Waals surface area contributed by atoms with Crippen LogP contribution in [0.25, 0.3) is 11.1 Å². The van der Waals surface area contributed by atoms with E-state index in [1.54, 1.807) is 12.1 Å². The normalized spacial score (nSPS) is 10.8. The Morgan fingerprint density at radius 2 is 1.65 bits per heavy atom. The summed E-state index contributed by atoms with van der Waals surface area (Å²) in [5, 5.41) is 9.51. The molecule has 0 fully saturated rings. The van der Waals surface area contributed by atoms with Gasteiger partial charge in [-0.05, 0) is 47.2 Å². The summed E-state index contributed by atoms with van der Waals surface area (Å²) in [6.45, 7) is 6.55. The molecule has 2 aromatic carbocycles. The fraction of sp³-hybridized carbons (Fsp3) is 0.250. The van der Waals surface area contributed by atoms with E-state index in [0.29, 0.717) is 11.7 Å². The second-order valence-electron chi connectivity index (χ2n) is 4.78. The van der Waals surface area contributed by atoms with Crippen LogP contribution in [0.2, 0.25) is 0 Å². The summed E-state index contributed by atoms with van der Waals surface area (Å²) in [4.78, 5) is 0. The standard InChI is InChI=1S/C16H18O/c1-11(2)16-10-14(8-7-12(16)3)13-5-4-6-15(17)9-13/h4-11,17H,1-3H3. The van der Waals surface area contributed by atoms with E-state index in [4.69, 9.17) is 0 Å². The monoisotopic (exact) mass is 226 g/mol. The second kappa shape index (κ2) is 4.62. The third-order valence-electron chi connectivity index (χ3n) is 3.08. The maximum absolute atomic E-state index is 9.51. The van der Waals surface area contributed by atoms with Crippen molar-refractivity contribution in [1.82, 2.24) is 0 Å². The zero-order chi connectivity index (χ0) is 12.4. The molecule has 2 rings (SSSR count). The van der Waals surface area contributed by atoms with E-state index in [9.17, 15) is 5.11 Å². The Labute approximate surface area is 103 Å². The van der Waals surface area contributed by atoms with Crippen LogP contribution in [0.4, 0.5) is 0 Å². The van der Waals surface area contributed by atoms with Gasteiger partial charge in [-0.1, -0.05) is 44.2 Å². The van der Waals surface area contributed by atoms with Gasteiger partial charge in [0.25, 0.3) is 0 Å². The zero-order valence-electron chi connectivity index (χ0n) is 10.6. The van der Waals surface area contributed by atoms with Crippen molar-refractivity contribution in [2.24, 2.45) is 0 Å². The summed E-state index contributed by atoms with van der Waals surface area (Å²) in [5.41, 5.74) is 4.91. The third kappa shape index (κ3) is 2.50. The van der Waals surface area contributed by atoms with Crippen molar-refractivity contribution < 1.29 is 5.11 Å². The molecule has 0 amide bonds. The molecule has 0 radical (unpaired) electrons. The van der Waals surface area contributed by atoms with Crippen LogP contribution in [-0.4, -0.2) is 5.11 Å². The topological polar surface area (TPSA) is 20.2 Å². The highest BCUT2D eigenvalue weighted by Crippen LogP contribution is 2.28. The van der Waals surface area contributed by atoms with Gasteiger partial charge in [0.05, 0.1) is 0 Å². The average molecular weight is 226 g/mol. The van der Waals surface area contributed by atoms with Gasteiger partial charge in [-0.3, -0.25) is 0 Å². The van der Waals surface area contributed by atoms with Crippen molar-refractivity contribution in [1.29, 1.82) is 0 Å². The van der Waals surface area contributed by atoms with Crippen LogP contribution < -0.4 is 0 Å². The molecule has 1 heteroatoms. The summed E-state index contributed by atoms with van der Waals surface area (Å²) in [7, 11) is 0. The molecule has 2 aromatic rings. The Hall–Kier alpha value is -1.76. The number of rotatable bonds is 2. The van der Waals surface area contributed by atoms with E-state index in [2.05, 4.69) is 39.0 Å². The Balaban J connectivity index is 2.50. The maximum atomic E-state index is 9.51. The predicted molar refractivity (Wildman–Crippen MR) is 72.4 cm³/mol. The Bertz CT molecular complexity index is 527. The van der Waals surface area contributed by atoms with E-state index in [-0.39, 0.29) is 0 Å². The lowest BCUT2D eigenvalue weighted by Crippen LogP contribution is -1.92. The molecule has 0 aliphatic rings. The van der Waals surface area contributed by atoms with Crippen LogP contribution in [0.1, 0.15) is 30.9 Å². The molecular formula is C16H18O. The number of aromatic hydroxyl groups is 1. The summed E-state index contributed by atoms with van der Waals surface area (Å²) in [6.07, 6.45) is 0. The number of hydrogen-bond donors (Lipinski definition) is 1. The Morgan fingerprint density at radius 3 is 2.29 bits per heavy atom. The van der Waals surface area contributed by atoms with Gasteiger partial charge in [0.1, 0.15) is 5.75 Å². The fourth-order valence-electron chi connectivity index (χ4n) is 2.13. The maximum Gasteiger partial charge on any atom is 0.116 e. The van der Waals surface area contributed by atoms with Crippen molar-refractivity contribution in [3.05, 3.63) is 53.6 Å². The lowest BCUT2D eigenvalue weighted by atomic mass is 9.93. The van der Waals surface area contributed by atoms with E-state index >= 15 is 0 Å². The fourth-order valence-corrected chi connectivity index (χ4v) is 2.13. The molecule has 0 aliphatic carbocycles. The summed E-state index contributed by atoms with van der Waals surface area (Å²) in [5.74, 6) is 0.835. The van der Waals surface area contributed by atoms with Gasteiger partial charge in [0.2, 0.25) is 0 Å². The predicted octanol–water partition coefficient (Wildman–Crippen LogP) is 4.49. The number of aryl methyl sites for hydroxylation is 1. The van der Waals surface area contributed by atoms with Crippen molar-refractivity contribution >= 4 is 0 Å². The Kier molecular flexibility index (Phi) is 3.19. The average Bonchev–Trinajstić information content (AvgIpc) is 2.29. The molecular weight excluding hydrogens is 208 g/mol. The molecule has 0 saturated heterocycles. The molecule has 88 valence electrons. The van der Waals surface area contributed by atoms with Crippen LogP contribution in [0.3, 0.4) is 0 Å². The van der Waals surface area contributed by atoms with Crippen molar-refractivity contribution in [3.63, 3.8) is 0 Å². The minimum absolute atomic E-state index is 0.314. The Morgan fingerprint density at radius 1 is 0.941 bits per heavy atom. The first-order valence-electron chi connectivity index (χ1n) is 5.98. The van der Waals surface area contributed by atoms with E-state index in [1.807, 2.05) is 12.1 Å². The molecule has 0 saturated carbocycles. The highest BCUT2D eigenvalue weighted by molar-refractivity contribution is 5.66. The highest BCUT2D eigenvalue weighted by atomic mass is 16.3. The van der Waals surface area contributed by atoms with Crippen LogP contribution in [0.15, 0.2) is 42.5 Å². The summed E-state index contributed by atoms with van der Waals surface area (Å²) in [6, 6.07) is 13.9. The van der Waals surface area contributed by atoms with E-state index in [0.717, 1.165) is 11.1 Å². The quantitative estimate of drug-likeness (QED) is 0.799. The first-order valence-corrected chi connectivity index (χ1v) is 5.98. The van der Waals surface area contributed by atoms with Gasteiger partial charge in [0.15, 0.2) is 0 Å². The molecule has 0 spiro atoms. The third-order valence-corrected chi connectivity index (χ3v) is 3.08. The van der Waals surface area contributed by atoms with Gasteiger partial charge in [-0.2, -0.15) is 0 Å². The van der Waals surface area contributed by atoms with Crippen LogP contribution in [-0.2, 0) is 0 Å². The highest BCUT2D eigenvalue weighted by Gasteiger charge is 2.06. The molecule has 0 aliphatic heterocycles. The van der Waals surface area contributed by atoms with Gasteiger partial charge in [-0.25, -0.2) is 0 Å². The van der Waals surface area contributed by atoms with Gasteiger partial charge in [-0.15, -0.1) is 0 Å². The van der Waals surface area contributed by atoms with Gasteiger partial charge in [0, 0.05) is 0 Å². The smallest absolute Gasteiger partial charge is 0.116 e. The zero-order valence-corrected chi connectivity index (χ0v) is 10.6. The number of phenols is 1. The largest absolute Gasteiger partial charge is 0.508 e. The summed E-state index contributed by atoms with van der Waals surface area (Å²) >= 11 is 0. The van der Waals surface area contributed by atoms with E-state index in [1.165, 1.54) is 11.1 Å². The number of hydrogen-bond acceptors (Lipinski definition) is 1. The van der Waals surface area contributed by atoms with E-state index < -0.39 is 0 Å². The van der Waals surface area contributed by atoms with Crippen molar-refractivity contribution in [3.8, 4) is 16.9 Å². The lowest BCUT2D eigenvalue weighted by molar-refractivity contribution is 0.475. The first kappa shape index (κ1) is 11.7. The SMILES string of the molecule is Cc1ccc(-c2cccc(O)c2)cc1C(C)C. The molecule has 0 unspecified atom stereocenters. The molecule has 0 atom stereocenters. The first-order chi connectivity index (χ1) is 8.08. The van der Waals surface area contributed by atoms with Crippen LogP contribution >= 0.6 is 0 Å². The number of phenolic OH excluding ortho intramolecular Hbond substituents is 1.